The molecule has 8 heteroatoms. The van der Waals surface area contributed by atoms with Crippen LogP contribution in [0.3, 0.4) is 0 Å². The van der Waals surface area contributed by atoms with Crippen molar-refractivity contribution in [3.05, 3.63) is 16.2 Å². The van der Waals surface area contributed by atoms with Gasteiger partial charge in [-0.25, -0.2) is 9.98 Å². The summed E-state index contributed by atoms with van der Waals surface area (Å²) < 4.78 is 36.0. The first kappa shape index (κ1) is 20.0. The summed E-state index contributed by atoms with van der Waals surface area (Å²) in [6.07, 6.45) is 3.79. The Balaban J connectivity index is 2.05. The van der Waals surface area contributed by atoms with E-state index in [0.717, 1.165) is 30.8 Å². The van der Waals surface area contributed by atoms with E-state index in [-0.39, 0.29) is 6.10 Å². The molecule has 2 rings (SSSR count). The number of hydrogen-bond acceptors (Lipinski definition) is 4. The molecule has 25 heavy (non-hydrogen) atoms. The molecule has 1 aliphatic carbocycles. The molecule has 1 heterocycles. The van der Waals surface area contributed by atoms with E-state index in [0.29, 0.717) is 23.2 Å². The van der Waals surface area contributed by atoms with Crippen molar-refractivity contribution in [1.29, 1.82) is 0 Å². The van der Waals surface area contributed by atoms with Crippen molar-refractivity contribution in [2.24, 2.45) is 4.99 Å². The molecule has 0 spiro atoms. The van der Waals surface area contributed by atoms with Gasteiger partial charge in [0.1, 0.15) is 6.10 Å². The van der Waals surface area contributed by atoms with Crippen LogP contribution in [0.2, 0.25) is 0 Å². The maximum absolute atomic E-state index is 12.4. The minimum Gasteiger partial charge on any atom is -0.473 e. The average Bonchev–Trinajstić information content (AvgIpc) is 2.56. The van der Waals surface area contributed by atoms with Gasteiger partial charge in [0.05, 0.1) is 28.3 Å². The van der Waals surface area contributed by atoms with E-state index in [2.05, 4.69) is 30.6 Å². The summed E-state index contributed by atoms with van der Waals surface area (Å²) in [4.78, 5) is 10.8. The van der Waals surface area contributed by atoms with Crippen molar-refractivity contribution in [3.63, 3.8) is 0 Å². The van der Waals surface area contributed by atoms with E-state index in [9.17, 15) is 8.78 Å². The molecule has 0 aliphatic heterocycles. The van der Waals surface area contributed by atoms with Crippen LogP contribution in [0.4, 0.5) is 14.5 Å². The topological polar surface area (TPSA) is 47.0 Å². The third-order valence-corrected chi connectivity index (χ3v) is 4.72. The number of aryl methyl sites for hydroxylation is 1. The normalized spacial score (nSPS) is 21.1. The van der Waals surface area contributed by atoms with Crippen LogP contribution in [-0.2, 0) is 4.74 Å². The lowest BCUT2D eigenvalue weighted by molar-refractivity contribution is -0.175. The second-order valence-corrected chi connectivity index (χ2v) is 6.98. The second kappa shape index (κ2) is 9.43. The molecule has 0 saturated heterocycles. The maximum Gasteiger partial charge on any atom is 0.345 e. The molecule has 5 nitrogen and oxygen atoms in total. The Morgan fingerprint density at radius 2 is 2.16 bits per heavy atom. The fourth-order valence-corrected chi connectivity index (χ4v) is 3.04. The Labute approximate surface area is 155 Å². The van der Waals surface area contributed by atoms with E-state index in [1.807, 2.05) is 31.9 Å². The number of aliphatic imine (C=N–C) groups is 1. The zero-order chi connectivity index (χ0) is 18.4. The van der Waals surface area contributed by atoms with Crippen molar-refractivity contribution < 1.29 is 18.3 Å². The van der Waals surface area contributed by atoms with Crippen LogP contribution in [0.5, 0.6) is 5.88 Å². The standard InChI is InChI=1S/C17H24BrF2N3O2/c1-4-23(3)10-21-15-9-14(18)16(22-11(15)2)24-12-6-5-7-13(8-12)25-17(19)20/h9-10,12-13,17H,4-8H2,1-3H3/b21-10+. The first-order valence-electron chi connectivity index (χ1n) is 8.40. The Hall–Kier alpha value is -1.28. The van der Waals surface area contributed by atoms with Gasteiger partial charge in [0, 0.05) is 20.0 Å². The summed E-state index contributed by atoms with van der Waals surface area (Å²) in [6.45, 7) is 2.02. The molecule has 1 saturated carbocycles. The van der Waals surface area contributed by atoms with Crippen LogP contribution >= 0.6 is 15.9 Å². The molecule has 1 aromatic rings. The number of halogens is 3. The summed E-state index contributed by atoms with van der Waals surface area (Å²) >= 11 is 3.46. The van der Waals surface area contributed by atoms with E-state index < -0.39 is 12.7 Å². The molecule has 0 N–H and O–H groups in total. The van der Waals surface area contributed by atoms with Crippen molar-refractivity contribution in [2.75, 3.05) is 13.6 Å². The minimum absolute atomic E-state index is 0.179. The zero-order valence-electron chi connectivity index (χ0n) is 14.7. The van der Waals surface area contributed by atoms with Crippen molar-refractivity contribution in [2.45, 2.75) is 58.4 Å². The van der Waals surface area contributed by atoms with E-state index in [4.69, 9.17) is 4.74 Å². The van der Waals surface area contributed by atoms with E-state index >= 15 is 0 Å². The Morgan fingerprint density at radius 3 is 2.84 bits per heavy atom. The fraction of sp³-hybridized carbons (Fsp3) is 0.647. The van der Waals surface area contributed by atoms with Crippen LogP contribution in [-0.4, -0.2) is 48.6 Å². The number of nitrogens with zero attached hydrogens (tertiary/aromatic N) is 3. The molecule has 140 valence electrons. The molecule has 0 bridgehead atoms. The van der Waals surface area contributed by atoms with Crippen LogP contribution in [0.25, 0.3) is 0 Å². The molecular formula is C17H24BrF2N3O2. The van der Waals surface area contributed by atoms with Gasteiger partial charge in [-0.05, 0) is 55.1 Å². The average molecular weight is 420 g/mol. The number of alkyl halides is 2. The molecule has 1 aromatic heterocycles. The molecule has 2 unspecified atom stereocenters. The van der Waals surface area contributed by atoms with Gasteiger partial charge in [0.25, 0.3) is 0 Å². The highest BCUT2D eigenvalue weighted by Crippen LogP contribution is 2.33. The first-order valence-corrected chi connectivity index (χ1v) is 9.20. The number of rotatable bonds is 7. The predicted octanol–water partition coefficient (Wildman–Crippen LogP) is 4.69. The molecule has 0 aromatic carbocycles. The molecular weight excluding hydrogens is 396 g/mol. The van der Waals surface area contributed by atoms with Gasteiger partial charge in [-0.3, -0.25) is 0 Å². The first-order chi connectivity index (χ1) is 11.9. The summed E-state index contributed by atoms with van der Waals surface area (Å²) in [5.41, 5.74) is 1.50. The summed E-state index contributed by atoms with van der Waals surface area (Å²) in [7, 11) is 1.94. The number of pyridine rings is 1. The SMILES string of the molecule is CCN(C)/C=N/c1cc(Br)c(OC2CCCC(OC(F)F)C2)nc1C. The molecule has 1 aliphatic rings. The highest BCUT2D eigenvalue weighted by molar-refractivity contribution is 9.10. The molecule has 2 atom stereocenters. The molecule has 1 fully saturated rings. The van der Waals surface area contributed by atoms with Crippen LogP contribution in [0, 0.1) is 6.92 Å². The van der Waals surface area contributed by atoms with Gasteiger partial charge in [-0.1, -0.05) is 0 Å². The summed E-state index contributed by atoms with van der Waals surface area (Å²) in [5.74, 6) is 0.461. The van der Waals surface area contributed by atoms with Gasteiger partial charge >= 0.3 is 6.61 Å². The quantitative estimate of drug-likeness (QED) is 0.474. The Morgan fingerprint density at radius 1 is 1.44 bits per heavy atom. The molecule has 0 radical (unpaired) electrons. The fourth-order valence-electron chi connectivity index (χ4n) is 2.64. The lowest BCUT2D eigenvalue weighted by Gasteiger charge is -2.29. The zero-order valence-corrected chi connectivity index (χ0v) is 16.3. The predicted molar refractivity (Wildman–Crippen MR) is 96.9 cm³/mol. The third kappa shape index (κ3) is 6.18. The number of aromatic nitrogens is 1. The van der Waals surface area contributed by atoms with Crippen LogP contribution in [0.1, 0.15) is 38.3 Å². The smallest absolute Gasteiger partial charge is 0.345 e. The highest BCUT2D eigenvalue weighted by atomic mass is 79.9. The van der Waals surface area contributed by atoms with Gasteiger partial charge < -0.3 is 14.4 Å². The monoisotopic (exact) mass is 419 g/mol. The Kier molecular flexibility index (Phi) is 7.56. The number of hydrogen-bond donors (Lipinski definition) is 0. The summed E-state index contributed by atoms with van der Waals surface area (Å²) in [6, 6.07) is 1.85. The van der Waals surface area contributed by atoms with Crippen LogP contribution in [0.15, 0.2) is 15.5 Å². The minimum atomic E-state index is -2.74. The van der Waals surface area contributed by atoms with Crippen molar-refractivity contribution in [1.82, 2.24) is 9.88 Å². The summed E-state index contributed by atoms with van der Waals surface area (Å²) in [5, 5.41) is 0. The Bertz CT molecular complexity index is 602. The third-order valence-electron chi connectivity index (χ3n) is 4.15. The van der Waals surface area contributed by atoms with Crippen LogP contribution < -0.4 is 4.74 Å². The lowest BCUT2D eigenvalue weighted by Crippen LogP contribution is -2.31. The van der Waals surface area contributed by atoms with Crippen molar-refractivity contribution >= 4 is 28.0 Å². The van der Waals surface area contributed by atoms with Gasteiger partial charge in [-0.15, -0.1) is 0 Å². The second-order valence-electron chi connectivity index (χ2n) is 6.12. The largest absolute Gasteiger partial charge is 0.473 e. The van der Waals surface area contributed by atoms with Gasteiger partial charge in [0.15, 0.2) is 0 Å². The van der Waals surface area contributed by atoms with Gasteiger partial charge in [-0.2, -0.15) is 8.78 Å². The maximum atomic E-state index is 12.4. The molecule has 0 amide bonds. The number of ether oxygens (including phenoxy) is 2. The van der Waals surface area contributed by atoms with E-state index in [1.165, 1.54) is 0 Å². The highest BCUT2D eigenvalue weighted by Gasteiger charge is 2.27. The van der Waals surface area contributed by atoms with Crippen molar-refractivity contribution in [3.8, 4) is 5.88 Å². The van der Waals surface area contributed by atoms with Gasteiger partial charge in [0.2, 0.25) is 5.88 Å². The lowest BCUT2D eigenvalue weighted by atomic mass is 9.95. The van der Waals surface area contributed by atoms with E-state index in [1.54, 1.807) is 6.34 Å².